The van der Waals surface area contributed by atoms with Crippen LogP contribution in [-0.4, -0.2) is 37.2 Å². The molecule has 1 saturated heterocycles. The molecule has 2 atom stereocenters. The summed E-state index contributed by atoms with van der Waals surface area (Å²) >= 11 is 11.7. The Morgan fingerprint density at radius 2 is 1.66 bits per heavy atom. The zero-order chi connectivity index (χ0) is 20.6. The zero-order valence-corrected chi connectivity index (χ0v) is 17.2. The summed E-state index contributed by atoms with van der Waals surface area (Å²) in [5, 5.41) is 6.99. The van der Waals surface area contributed by atoms with Gasteiger partial charge in [0.05, 0.1) is 12.6 Å². The van der Waals surface area contributed by atoms with Crippen LogP contribution < -0.4 is 15.4 Å². The van der Waals surface area contributed by atoms with Crippen molar-refractivity contribution in [2.45, 2.75) is 31.5 Å². The number of ether oxygens (including phenoxy) is 2. The maximum absolute atomic E-state index is 12.3. The highest BCUT2D eigenvalue weighted by Gasteiger charge is 2.27. The van der Waals surface area contributed by atoms with Gasteiger partial charge in [-0.2, -0.15) is 0 Å². The third-order valence-electron chi connectivity index (χ3n) is 4.50. The van der Waals surface area contributed by atoms with Crippen LogP contribution in [0.5, 0.6) is 5.75 Å². The van der Waals surface area contributed by atoms with Crippen LogP contribution in [-0.2, 0) is 20.9 Å². The summed E-state index contributed by atoms with van der Waals surface area (Å²) in [5.74, 6) is 0.178. The van der Waals surface area contributed by atoms with Crippen LogP contribution in [0, 0.1) is 0 Å². The van der Waals surface area contributed by atoms with E-state index in [0.29, 0.717) is 35.2 Å². The van der Waals surface area contributed by atoms with E-state index in [2.05, 4.69) is 10.6 Å². The number of benzene rings is 2. The molecule has 3 rings (SSSR count). The van der Waals surface area contributed by atoms with Gasteiger partial charge in [0.1, 0.15) is 11.9 Å². The number of carbonyl (C=O) groups is 2. The van der Waals surface area contributed by atoms with Crippen LogP contribution in [0.2, 0.25) is 10.0 Å². The van der Waals surface area contributed by atoms with Crippen molar-refractivity contribution in [2.24, 2.45) is 0 Å². The Bertz CT molecular complexity index is 820. The molecule has 0 aliphatic carbocycles. The fraction of sp³-hybridized carbons (Fsp3) is 0.333. The van der Waals surface area contributed by atoms with Gasteiger partial charge in [0.15, 0.2) is 6.61 Å². The molecule has 1 fully saturated rings. The van der Waals surface area contributed by atoms with Crippen molar-refractivity contribution < 1.29 is 19.1 Å². The molecule has 0 saturated carbocycles. The van der Waals surface area contributed by atoms with Gasteiger partial charge in [-0.1, -0.05) is 35.3 Å². The Morgan fingerprint density at radius 1 is 1.00 bits per heavy atom. The van der Waals surface area contributed by atoms with E-state index in [1.54, 1.807) is 36.4 Å². The maximum atomic E-state index is 12.3. The Morgan fingerprint density at radius 3 is 2.28 bits per heavy atom. The quantitative estimate of drug-likeness (QED) is 0.697. The van der Waals surface area contributed by atoms with Gasteiger partial charge in [-0.15, -0.1) is 0 Å². The molecule has 2 aromatic rings. The number of carbonyl (C=O) groups excluding carboxylic acids is 2. The summed E-state index contributed by atoms with van der Waals surface area (Å²) in [4.78, 5) is 24.3. The normalized spacial score (nSPS) is 18.7. The van der Waals surface area contributed by atoms with E-state index >= 15 is 0 Å². The van der Waals surface area contributed by atoms with E-state index in [4.69, 9.17) is 32.7 Å². The predicted octanol–water partition coefficient (Wildman–Crippen LogP) is 3.35. The summed E-state index contributed by atoms with van der Waals surface area (Å²) in [6.45, 7) is 0.604. The number of rotatable bonds is 7. The number of nitrogens with one attached hydrogen (secondary N) is 2. The molecule has 8 heteroatoms. The van der Waals surface area contributed by atoms with Gasteiger partial charge in [-0.05, 0) is 54.8 Å². The smallest absolute Gasteiger partial charge is 0.258 e. The van der Waals surface area contributed by atoms with Gasteiger partial charge in [-0.25, -0.2) is 0 Å². The van der Waals surface area contributed by atoms with Crippen LogP contribution in [0.3, 0.4) is 0 Å². The molecular formula is C21H22Cl2N2O4. The first-order valence-electron chi connectivity index (χ1n) is 9.31. The second kappa shape index (κ2) is 10.5. The monoisotopic (exact) mass is 436 g/mol. The van der Waals surface area contributed by atoms with E-state index in [0.717, 1.165) is 5.56 Å². The summed E-state index contributed by atoms with van der Waals surface area (Å²) in [6, 6.07) is 13.9. The van der Waals surface area contributed by atoms with Crippen molar-refractivity contribution >= 4 is 35.0 Å². The lowest BCUT2D eigenvalue weighted by Crippen LogP contribution is -2.48. The molecule has 29 heavy (non-hydrogen) atoms. The van der Waals surface area contributed by atoms with Crippen LogP contribution >= 0.6 is 23.2 Å². The first-order chi connectivity index (χ1) is 14.0. The van der Waals surface area contributed by atoms with Crippen molar-refractivity contribution in [3.05, 3.63) is 64.1 Å². The van der Waals surface area contributed by atoms with Crippen LogP contribution in [0.25, 0.3) is 0 Å². The standard InChI is InChI=1S/C21H22Cl2N2O4/c22-15-3-1-14(2-4-15)11-24-21(27)19-10-7-17(12-29-19)25-20(26)13-28-18-8-5-16(23)6-9-18/h1-6,8-9,17,19H,7,10-13H2,(H,24,27)(H,25,26)/t17-,19+/m0/s1. The third kappa shape index (κ3) is 6.92. The molecule has 2 aromatic carbocycles. The first-order valence-corrected chi connectivity index (χ1v) is 10.1. The zero-order valence-electron chi connectivity index (χ0n) is 15.7. The number of amides is 2. The Balaban J connectivity index is 1.34. The molecule has 2 amide bonds. The first kappa shape index (κ1) is 21.4. The average molecular weight is 437 g/mol. The molecule has 1 heterocycles. The second-order valence-electron chi connectivity index (χ2n) is 6.75. The maximum Gasteiger partial charge on any atom is 0.258 e. The fourth-order valence-electron chi connectivity index (χ4n) is 2.93. The van der Waals surface area contributed by atoms with E-state index in [1.807, 2.05) is 12.1 Å². The molecule has 0 radical (unpaired) electrons. The van der Waals surface area contributed by atoms with Gasteiger partial charge < -0.3 is 20.1 Å². The number of hydrogen-bond acceptors (Lipinski definition) is 4. The lowest BCUT2D eigenvalue weighted by molar-refractivity contribution is -0.137. The molecule has 1 aliphatic heterocycles. The minimum Gasteiger partial charge on any atom is -0.484 e. The molecule has 0 spiro atoms. The Kier molecular flexibility index (Phi) is 7.75. The summed E-state index contributed by atoms with van der Waals surface area (Å²) in [7, 11) is 0. The van der Waals surface area contributed by atoms with Crippen molar-refractivity contribution in [1.29, 1.82) is 0 Å². The Hall–Kier alpha value is -2.28. The molecule has 1 aliphatic rings. The minimum atomic E-state index is -0.513. The topological polar surface area (TPSA) is 76.7 Å². The lowest BCUT2D eigenvalue weighted by atomic mass is 10.0. The van der Waals surface area contributed by atoms with Crippen molar-refractivity contribution in [1.82, 2.24) is 10.6 Å². The largest absolute Gasteiger partial charge is 0.484 e. The molecule has 6 nitrogen and oxygen atoms in total. The summed E-state index contributed by atoms with van der Waals surface area (Å²) in [6.07, 6.45) is 0.682. The van der Waals surface area contributed by atoms with E-state index < -0.39 is 6.10 Å². The average Bonchev–Trinajstić information content (AvgIpc) is 2.73. The van der Waals surface area contributed by atoms with Crippen LogP contribution in [0.1, 0.15) is 18.4 Å². The fourth-order valence-corrected chi connectivity index (χ4v) is 3.18. The number of halogens is 2. The molecular weight excluding hydrogens is 415 g/mol. The predicted molar refractivity (Wildman–Crippen MR) is 111 cm³/mol. The summed E-state index contributed by atoms with van der Waals surface area (Å²) in [5.41, 5.74) is 0.962. The second-order valence-corrected chi connectivity index (χ2v) is 7.62. The van der Waals surface area contributed by atoms with Gasteiger partial charge in [0, 0.05) is 16.6 Å². The van der Waals surface area contributed by atoms with E-state index in [9.17, 15) is 9.59 Å². The molecule has 2 N–H and O–H groups in total. The Labute approximate surface area is 179 Å². The highest BCUT2D eigenvalue weighted by Crippen LogP contribution is 2.16. The van der Waals surface area contributed by atoms with Gasteiger partial charge in [0.25, 0.3) is 5.91 Å². The lowest BCUT2D eigenvalue weighted by Gasteiger charge is -2.28. The van der Waals surface area contributed by atoms with E-state index in [-0.39, 0.29) is 31.1 Å². The van der Waals surface area contributed by atoms with Crippen LogP contribution in [0.4, 0.5) is 0 Å². The summed E-state index contributed by atoms with van der Waals surface area (Å²) < 4.78 is 11.1. The molecule has 0 bridgehead atoms. The van der Waals surface area contributed by atoms with Gasteiger partial charge in [-0.3, -0.25) is 9.59 Å². The highest BCUT2D eigenvalue weighted by molar-refractivity contribution is 6.30. The molecule has 154 valence electrons. The molecule has 0 unspecified atom stereocenters. The third-order valence-corrected chi connectivity index (χ3v) is 5.00. The van der Waals surface area contributed by atoms with Crippen molar-refractivity contribution in [2.75, 3.05) is 13.2 Å². The number of hydrogen-bond donors (Lipinski definition) is 2. The van der Waals surface area contributed by atoms with Crippen LogP contribution in [0.15, 0.2) is 48.5 Å². The highest BCUT2D eigenvalue weighted by atomic mass is 35.5. The van der Waals surface area contributed by atoms with Crippen molar-refractivity contribution in [3.63, 3.8) is 0 Å². The van der Waals surface area contributed by atoms with Gasteiger partial charge in [0.2, 0.25) is 5.91 Å². The SMILES string of the molecule is O=C(COc1ccc(Cl)cc1)N[C@H]1CC[C@H](C(=O)NCc2ccc(Cl)cc2)OC1. The minimum absolute atomic E-state index is 0.0941. The van der Waals surface area contributed by atoms with Crippen molar-refractivity contribution in [3.8, 4) is 5.75 Å². The van der Waals surface area contributed by atoms with E-state index in [1.165, 1.54) is 0 Å². The van der Waals surface area contributed by atoms with Gasteiger partial charge >= 0.3 is 0 Å². The molecule has 0 aromatic heterocycles.